The summed E-state index contributed by atoms with van der Waals surface area (Å²) in [7, 11) is 0.640. The Bertz CT molecular complexity index is 527. The van der Waals surface area contributed by atoms with E-state index >= 15 is 0 Å². The number of pyridine rings is 1. The molecule has 20 heavy (non-hydrogen) atoms. The Morgan fingerprint density at radius 2 is 1.80 bits per heavy atom. The average molecular weight is 306 g/mol. The van der Waals surface area contributed by atoms with Crippen LogP contribution in [0.4, 0.5) is 32.2 Å². The molecule has 0 fully saturated rings. The predicted octanol–water partition coefficient (Wildman–Crippen LogP) is 2.92. The van der Waals surface area contributed by atoms with Crippen LogP contribution >= 0.6 is 0 Å². The first kappa shape index (κ1) is 15.8. The molecular formula is C8H4F6N2O4. The van der Waals surface area contributed by atoms with Gasteiger partial charge in [-0.05, 0) is 4.92 Å². The van der Waals surface area contributed by atoms with Gasteiger partial charge in [0.15, 0.2) is 0 Å². The standard InChI is InChI=1S/C8H4F6N2O4/c1-19-5-3(7(9,10)11)2-4(16(17)18)15-6(5)20-8(12,13)14/h2H,1H3. The van der Waals surface area contributed by atoms with Gasteiger partial charge in [0, 0.05) is 4.98 Å². The van der Waals surface area contributed by atoms with Crippen LogP contribution in [0, 0.1) is 10.1 Å². The molecule has 0 spiro atoms. The molecule has 0 bridgehead atoms. The van der Waals surface area contributed by atoms with Crippen LogP contribution in [0.15, 0.2) is 6.07 Å². The Labute approximate surface area is 106 Å². The predicted molar refractivity (Wildman–Crippen MR) is 49.1 cm³/mol. The van der Waals surface area contributed by atoms with Crippen molar-refractivity contribution in [3.8, 4) is 11.6 Å². The van der Waals surface area contributed by atoms with Gasteiger partial charge in [-0.25, -0.2) is 0 Å². The molecule has 12 heteroatoms. The highest BCUT2D eigenvalue weighted by atomic mass is 19.4. The van der Waals surface area contributed by atoms with E-state index in [1.807, 2.05) is 0 Å². The van der Waals surface area contributed by atoms with Crippen molar-refractivity contribution in [1.29, 1.82) is 0 Å². The zero-order valence-corrected chi connectivity index (χ0v) is 9.37. The fraction of sp³-hybridized carbons (Fsp3) is 0.375. The van der Waals surface area contributed by atoms with Crippen molar-refractivity contribution < 1.29 is 40.7 Å². The van der Waals surface area contributed by atoms with Gasteiger partial charge in [-0.2, -0.15) is 13.2 Å². The molecule has 0 amide bonds. The van der Waals surface area contributed by atoms with Gasteiger partial charge in [-0.1, -0.05) is 0 Å². The SMILES string of the molecule is COc1c(C(F)(F)F)cc([N+](=O)[O-])nc1OC(F)(F)F. The molecule has 0 aliphatic rings. The maximum Gasteiger partial charge on any atom is 0.575 e. The minimum Gasteiger partial charge on any atom is -0.489 e. The number of hydrogen-bond acceptors (Lipinski definition) is 5. The van der Waals surface area contributed by atoms with Crippen molar-refractivity contribution in [2.24, 2.45) is 0 Å². The van der Waals surface area contributed by atoms with Gasteiger partial charge in [-0.3, -0.25) is 0 Å². The van der Waals surface area contributed by atoms with Gasteiger partial charge in [0.1, 0.15) is 5.56 Å². The van der Waals surface area contributed by atoms with Crippen molar-refractivity contribution in [1.82, 2.24) is 4.98 Å². The van der Waals surface area contributed by atoms with E-state index in [0.29, 0.717) is 7.11 Å². The summed E-state index contributed by atoms with van der Waals surface area (Å²) < 4.78 is 81.4. The highest BCUT2D eigenvalue weighted by Crippen LogP contribution is 2.43. The molecule has 0 N–H and O–H groups in total. The van der Waals surface area contributed by atoms with Crippen molar-refractivity contribution >= 4 is 5.82 Å². The second kappa shape index (κ2) is 5.02. The fourth-order valence-electron chi connectivity index (χ4n) is 1.18. The Hall–Kier alpha value is -2.27. The molecule has 0 aliphatic heterocycles. The molecule has 0 saturated carbocycles. The molecule has 1 rings (SSSR count). The smallest absolute Gasteiger partial charge is 0.489 e. The lowest BCUT2D eigenvalue weighted by Crippen LogP contribution is -2.20. The van der Waals surface area contributed by atoms with Gasteiger partial charge in [-0.15, -0.1) is 13.2 Å². The summed E-state index contributed by atoms with van der Waals surface area (Å²) in [4.78, 5) is 11.7. The topological polar surface area (TPSA) is 74.5 Å². The molecular weight excluding hydrogens is 302 g/mol. The molecule has 0 aromatic carbocycles. The number of halogens is 6. The Morgan fingerprint density at radius 3 is 2.15 bits per heavy atom. The van der Waals surface area contributed by atoms with E-state index in [9.17, 15) is 36.5 Å². The molecule has 0 unspecified atom stereocenters. The summed E-state index contributed by atoms with van der Waals surface area (Å²) >= 11 is 0. The van der Waals surface area contributed by atoms with Crippen LogP contribution in [-0.2, 0) is 6.18 Å². The van der Waals surface area contributed by atoms with E-state index in [1.165, 1.54) is 0 Å². The highest BCUT2D eigenvalue weighted by Gasteiger charge is 2.43. The van der Waals surface area contributed by atoms with Crippen LogP contribution in [0.2, 0.25) is 0 Å². The summed E-state index contributed by atoms with van der Waals surface area (Å²) in [5.41, 5.74) is -1.80. The second-order valence-corrected chi connectivity index (χ2v) is 3.17. The molecule has 6 nitrogen and oxygen atoms in total. The monoisotopic (exact) mass is 306 g/mol. The summed E-state index contributed by atoms with van der Waals surface area (Å²) in [5, 5.41) is 10.4. The lowest BCUT2D eigenvalue weighted by Gasteiger charge is -2.13. The number of ether oxygens (including phenoxy) is 2. The van der Waals surface area contributed by atoms with E-state index in [2.05, 4.69) is 14.5 Å². The minimum absolute atomic E-state index is 0.0535. The van der Waals surface area contributed by atoms with Gasteiger partial charge in [0.2, 0.25) is 5.75 Å². The van der Waals surface area contributed by atoms with Crippen LogP contribution in [0.3, 0.4) is 0 Å². The first-order chi connectivity index (χ1) is 8.95. The van der Waals surface area contributed by atoms with Crippen molar-refractivity contribution in [2.45, 2.75) is 12.5 Å². The molecule has 0 aliphatic carbocycles. The van der Waals surface area contributed by atoms with Gasteiger partial charge in [0.05, 0.1) is 13.2 Å². The lowest BCUT2D eigenvalue weighted by atomic mass is 10.2. The van der Waals surface area contributed by atoms with Crippen LogP contribution in [0.1, 0.15) is 5.56 Å². The third-order valence-electron chi connectivity index (χ3n) is 1.84. The summed E-state index contributed by atoms with van der Waals surface area (Å²) in [6.45, 7) is 0. The van der Waals surface area contributed by atoms with E-state index < -0.39 is 40.5 Å². The van der Waals surface area contributed by atoms with Gasteiger partial charge in [0.25, 0.3) is 0 Å². The number of hydrogen-bond donors (Lipinski definition) is 0. The van der Waals surface area contributed by atoms with E-state index in [0.717, 1.165) is 0 Å². The number of nitrogens with zero attached hydrogens (tertiary/aromatic N) is 2. The van der Waals surface area contributed by atoms with Crippen LogP contribution in [0.25, 0.3) is 0 Å². The number of nitro groups is 1. The number of methoxy groups -OCH3 is 1. The maximum atomic E-state index is 12.6. The minimum atomic E-state index is -5.39. The van der Waals surface area contributed by atoms with Crippen LogP contribution < -0.4 is 9.47 Å². The van der Waals surface area contributed by atoms with E-state index in [1.54, 1.807) is 0 Å². The average Bonchev–Trinajstić information content (AvgIpc) is 2.24. The molecule has 0 atom stereocenters. The molecule has 1 heterocycles. The highest BCUT2D eigenvalue weighted by molar-refractivity contribution is 5.48. The Kier molecular flexibility index (Phi) is 3.96. The van der Waals surface area contributed by atoms with E-state index in [-0.39, 0.29) is 6.07 Å². The molecule has 0 radical (unpaired) electrons. The third-order valence-corrected chi connectivity index (χ3v) is 1.84. The number of alkyl halides is 6. The quantitative estimate of drug-likeness (QED) is 0.487. The number of rotatable bonds is 3. The van der Waals surface area contributed by atoms with Crippen LogP contribution in [-0.4, -0.2) is 23.4 Å². The Balaban J connectivity index is 3.55. The number of aromatic nitrogens is 1. The normalized spacial score (nSPS) is 12.2. The zero-order chi connectivity index (χ0) is 15.7. The molecule has 0 saturated heterocycles. The lowest BCUT2D eigenvalue weighted by molar-refractivity contribution is -0.390. The first-order valence-corrected chi connectivity index (χ1v) is 4.52. The zero-order valence-electron chi connectivity index (χ0n) is 9.37. The maximum absolute atomic E-state index is 12.6. The van der Waals surface area contributed by atoms with Crippen molar-refractivity contribution in [3.63, 3.8) is 0 Å². The Morgan fingerprint density at radius 1 is 1.25 bits per heavy atom. The van der Waals surface area contributed by atoms with Crippen molar-refractivity contribution in [2.75, 3.05) is 7.11 Å². The fourth-order valence-corrected chi connectivity index (χ4v) is 1.18. The first-order valence-electron chi connectivity index (χ1n) is 4.52. The van der Waals surface area contributed by atoms with Gasteiger partial charge < -0.3 is 19.6 Å². The second-order valence-electron chi connectivity index (χ2n) is 3.17. The molecule has 1 aromatic rings. The van der Waals surface area contributed by atoms with Crippen molar-refractivity contribution in [3.05, 3.63) is 21.7 Å². The summed E-state index contributed by atoms with van der Waals surface area (Å²) in [6.07, 6.45) is -10.6. The summed E-state index contributed by atoms with van der Waals surface area (Å²) in [5.74, 6) is -4.56. The van der Waals surface area contributed by atoms with Crippen LogP contribution in [0.5, 0.6) is 11.6 Å². The summed E-state index contributed by atoms with van der Waals surface area (Å²) in [6, 6.07) is -0.0535. The third kappa shape index (κ3) is 3.61. The van der Waals surface area contributed by atoms with Gasteiger partial charge >= 0.3 is 24.2 Å². The molecule has 1 aromatic heterocycles. The largest absolute Gasteiger partial charge is 0.575 e. The molecule has 112 valence electrons. The van der Waals surface area contributed by atoms with E-state index in [4.69, 9.17) is 0 Å².